The van der Waals surface area contributed by atoms with E-state index in [1.807, 2.05) is 65.4 Å². The van der Waals surface area contributed by atoms with Crippen LogP contribution in [0.1, 0.15) is 29.2 Å². The Morgan fingerprint density at radius 2 is 1.69 bits per heavy atom. The van der Waals surface area contributed by atoms with Crippen molar-refractivity contribution in [3.05, 3.63) is 82.0 Å². The van der Waals surface area contributed by atoms with Crippen molar-refractivity contribution >= 4 is 23.4 Å². The van der Waals surface area contributed by atoms with E-state index in [0.717, 1.165) is 27.8 Å². The molecule has 0 radical (unpaired) electrons. The van der Waals surface area contributed by atoms with Crippen LogP contribution in [-0.4, -0.2) is 35.2 Å². The van der Waals surface area contributed by atoms with Crippen LogP contribution in [0.2, 0.25) is 0 Å². The van der Waals surface area contributed by atoms with Crippen molar-refractivity contribution in [2.45, 2.75) is 24.9 Å². The summed E-state index contributed by atoms with van der Waals surface area (Å²) in [7, 11) is 1.34. The zero-order valence-electron chi connectivity index (χ0n) is 15.9. The van der Waals surface area contributed by atoms with Crippen molar-refractivity contribution in [3.8, 4) is 11.1 Å². The molecule has 4 rings (SSSR count). The third kappa shape index (κ3) is 3.63. The number of methoxy groups -OCH3 is 1. The van der Waals surface area contributed by atoms with Gasteiger partial charge in [0.1, 0.15) is 0 Å². The Morgan fingerprint density at radius 3 is 2.21 bits per heavy atom. The van der Waals surface area contributed by atoms with Gasteiger partial charge in [0.2, 0.25) is 0 Å². The normalized spacial score (nSPS) is 13.4. The van der Waals surface area contributed by atoms with Gasteiger partial charge in [0.05, 0.1) is 25.6 Å². The topological polar surface area (TPSA) is 66.8 Å². The van der Waals surface area contributed by atoms with E-state index >= 15 is 0 Å². The molecule has 1 aliphatic carbocycles. The summed E-state index contributed by atoms with van der Waals surface area (Å²) in [6, 6.07) is 16.9. The van der Waals surface area contributed by atoms with Gasteiger partial charge in [-0.15, -0.1) is 0 Å². The number of fused-ring (bicyclic) bond motifs is 3. The second-order valence-electron chi connectivity index (χ2n) is 7.04. The molecule has 1 N–H and O–H groups in total. The van der Waals surface area contributed by atoms with Crippen LogP contribution in [0.5, 0.6) is 0 Å². The number of rotatable bonds is 6. The van der Waals surface area contributed by atoms with Crippen LogP contribution >= 0.6 is 11.3 Å². The lowest BCUT2D eigenvalue weighted by Crippen LogP contribution is -2.45. The third-order valence-corrected chi connectivity index (χ3v) is 6.05. The van der Waals surface area contributed by atoms with Crippen molar-refractivity contribution in [3.63, 3.8) is 0 Å². The van der Waals surface area contributed by atoms with Gasteiger partial charge in [0, 0.05) is 0 Å². The molecular weight excluding hydrogens is 386 g/mol. The first-order chi connectivity index (χ1) is 14.1. The molecule has 0 spiro atoms. The minimum absolute atomic E-state index is 0.161. The number of ether oxygens (including phenoxy) is 1. The summed E-state index contributed by atoms with van der Waals surface area (Å²) in [5.74, 6) is -0.946. The number of carboxylic acid groups (broad SMARTS) is 1. The van der Waals surface area contributed by atoms with Crippen molar-refractivity contribution < 1.29 is 19.4 Å². The van der Waals surface area contributed by atoms with Crippen LogP contribution in [0.4, 0.5) is 4.79 Å². The Bertz CT molecular complexity index is 985. The molecule has 1 aromatic heterocycles. The molecule has 0 saturated carbocycles. The van der Waals surface area contributed by atoms with Crippen LogP contribution in [0, 0.1) is 0 Å². The van der Waals surface area contributed by atoms with Crippen LogP contribution < -0.4 is 0 Å². The molecular formula is C23H21NO4S. The summed E-state index contributed by atoms with van der Waals surface area (Å²) in [4.78, 5) is 26.3. The van der Waals surface area contributed by atoms with Gasteiger partial charge in [0.25, 0.3) is 0 Å². The van der Waals surface area contributed by atoms with Crippen LogP contribution in [0.25, 0.3) is 11.1 Å². The van der Waals surface area contributed by atoms with E-state index in [0.29, 0.717) is 6.42 Å². The van der Waals surface area contributed by atoms with Crippen LogP contribution in [0.3, 0.4) is 0 Å². The summed E-state index contributed by atoms with van der Waals surface area (Å²) in [6.07, 6.45) is -0.236. The number of carbonyl (C=O) groups is 2. The number of amides is 1. The largest absolute Gasteiger partial charge is 0.481 e. The highest BCUT2D eigenvalue weighted by Gasteiger charge is 2.40. The number of benzene rings is 2. The highest BCUT2D eigenvalue weighted by molar-refractivity contribution is 7.07. The molecule has 29 heavy (non-hydrogen) atoms. The van der Waals surface area contributed by atoms with Gasteiger partial charge in [-0.2, -0.15) is 11.3 Å². The Hall–Kier alpha value is -3.12. The molecule has 1 aliphatic rings. The number of carboxylic acids is 1. The molecule has 0 fully saturated rings. The first kappa shape index (κ1) is 19.2. The Morgan fingerprint density at radius 1 is 1.07 bits per heavy atom. The molecule has 148 valence electrons. The highest BCUT2D eigenvalue weighted by Crippen LogP contribution is 2.47. The molecule has 0 saturated heterocycles. The molecule has 6 heteroatoms. The lowest BCUT2D eigenvalue weighted by atomic mass is 9.97. The van der Waals surface area contributed by atoms with Gasteiger partial charge < -0.3 is 9.84 Å². The second-order valence-corrected chi connectivity index (χ2v) is 7.82. The van der Waals surface area contributed by atoms with Gasteiger partial charge in [-0.3, -0.25) is 9.69 Å². The van der Waals surface area contributed by atoms with Crippen LogP contribution in [-0.2, 0) is 16.0 Å². The Balaban J connectivity index is 1.84. The van der Waals surface area contributed by atoms with E-state index in [4.69, 9.17) is 4.74 Å². The van der Waals surface area contributed by atoms with E-state index in [9.17, 15) is 14.7 Å². The Kier molecular flexibility index (Phi) is 5.36. The number of nitrogens with zero attached hydrogens (tertiary/aromatic N) is 1. The molecule has 1 heterocycles. The predicted molar refractivity (Wildman–Crippen MR) is 112 cm³/mol. The van der Waals surface area contributed by atoms with Gasteiger partial charge in [-0.05, 0) is 51.1 Å². The molecule has 1 amide bonds. The molecule has 3 aromatic rings. The summed E-state index contributed by atoms with van der Waals surface area (Å²) in [5.41, 5.74) is 5.10. The van der Waals surface area contributed by atoms with Crippen molar-refractivity contribution in [2.24, 2.45) is 0 Å². The molecule has 0 unspecified atom stereocenters. The monoisotopic (exact) mass is 407 g/mol. The molecule has 0 bridgehead atoms. The maximum absolute atomic E-state index is 13.0. The average Bonchev–Trinajstić information content (AvgIpc) is 3.34. The number of hydrogen-bond donors (Lipinski definition) is 1. The summed E-state index contributed by atoms with van der Waals surface area (Å²) in [6.45, 7) is 0. The number of hydrogen-bond acceptors (Lipinski definition) is 4. The standard InChI is InChI=1S/C23H21NO4S/c1-28-23(27)24(16(13-21(25)26)12-15-10-11-29-14-15)22-19-8-4-2-6-17(19)18-7-3-5-9-20(18)22/h2-11,14,16,22H,12-13H2,1H3,(H,25,26)/t16-/m1/s1. The van der Waals surface area contributed by atoms with Crippen molar-refractivity contribution in [1.82, 2.24) is 4.90 Å². The smallest absolute Gasteiger partial charge is 0.410 e. The van der Waals surface area contributed by atoms with Crippen molar-refractivity contribution in [1.29, 1.82) is 0 Å². The van der Waals surface area contributed by atoms with Crippen molar-refractivity contribution in [2.75, 3.05) is 7.11 Å². The first-order valence-electron chi connectivity index (χ1n) is 9.37. The summed E-state index contributed by atoms with van der Waals surface area (Å²) >= 11 is 1.55. The maximum Gasteiger partial charge on any atom is 0.410 e. The zero-order chi connectivity index (χ0) is 20.4. The van der Waals surface area contributed by atoms with Gasteiger partial charge in [0.15, 0.2) is 0 Å². The first-order valence-corrected chi connectivity index (χ1v) is 10.3. The summed E-state index contributed by atoms with van der Waals surface area (Å²) < 4.78 is 5.13. The zero-order valence-corrected chi connectivity index (χ0v) is 16.8. The lowest BCUT2D eigenvalue weighted by Gasteiger charge is -2.35. The highest BCUT2D eigenvalue weighted by atomic mass is 32.1. The van der Waals surface area contributed by atoms with E-state index in [1.165, 1.54) is 7.11 Å². The number of thiophene rings is 1. The molecule has 5 nitrogen and oxygen atoms in total. The molecule has 0 aliphatic heterocycles. The Labute approximate surface area is 173 Å². The molecule has 2 aromatic carbocycles. The summed E-state index contributed by atoms with van der Waals surface area (Å²) in [5, 5.41) is 13.5. The maximum atomic E-state index is 13.0. The van der Waals surface area contributed by atoms with E-state index in [1.54, 1.807) is 16.2 Å². The number of carbonyl (C=O) groups excluding carboxylic acids is 1. The second kappa shape index (κ2) is 8.09. The minimum Gasteiger partial charge on any atom is -0.481 e. The van der Waals surface area contributed by atoms with E-state index < -0.39 is 24.1 Å². The average molecular weight is 407 g/mol. The van der Waals surface area contributed by atoms with Gasteiger partial charge in [-0.1, -0.05) is 48.5 Å². The third-order valence-electron chi connectivity index (χ3n) is 5.32. The molecule has 1 atom stereocenters. The SMILES string of the molecule is COC(=O)N(C1c2ccccc2-c2ccccc21)[C@@H](CC(=O)O)Cc1ccsc1. The van der Waals surface area contributed by atoms with Gasteiger partial charge >= 0.3 is 12.1 Å². The van der Waals surface area contributed by atoms with E-state index in [2.05, 4.69) is 0 Å². The fourth-order valence-electron chi connectivity index (χ4n) is 4.15. The minimum atomic E-state index is -0.946. The fraction of sp³-hybridized carbons (Fsp3) is 0.217. The quantitative estimate of drug-likeness (QED) is 0.626. The van der Waals surface area contributed by atoms with E-state index in [-0.39, 0.29) is 6.42 Å². The fourth-order valence-corrected chi connectivity index (χ4v) is 4.83. The predicted octanol–water partition coefficient (Wildman–Crippen LogP) is 4.97. The van der Waals surface area contributed by atoms with Crippen LogP contribution in [0.15, 0.2) is 65.4 Å². The van der Waals surface area contributed by atoms with Gasteiger partial charge in [-0.25, -0.2) is 4.79 Å². The number of aliphatic carboxylic acids is 1. The lowest BCUT2D eigenvalue weighted by molar-refractivity contribution is -0.138.